The van der Waals surface area contributed by atoms with Crippen LogP contribution < -0.4 is 19.1 Å². The molecule has 9 nitrogen and oxygen atoms in total. The molecule has 1 atom stereocenters. The van der Waals surface area contributed by atoms with E-state index in [9.17, 15) is 9.00 Å². The van der Waals surface area contributed by atoms with Gasteiger partial charge in [-0.1, -0.05) is 0 Å². The normalized spacial score (nSPS) is 14.4. The summed E-state index contributed by atoms with van der Waals surface area (Å²) in [5.74, 6) is 2.97. The highest BCUT2D eigenvalue weighted by Gasteiger charge is 2.24. The first-order valence-electron chi connectivity index (χ1n) is 11.6. The molecule has 1 aromatic heterocycles. The Labute approximate surface area is 213 Å². The fourth-order valence-electron chi connectivity index (χ4n) is 4.09. The number of aromatic nitrogens is 1. The summed E-state index contributed by atoms with van der Waals surface area (Å²) in [5, 5.41) is 0. The third kappa shape index (κ3) is 5.81. The third-order valence-electron chi connectivity index (χ3n) is 6.18. The van der Waals surface area contributed by atoms with Crippen LogP contribution in [0.4, 0.5) is 5.69 Å². The van der Waals surface area contributed by atoms with E-state index in [-0.39, 0.29) is 17.4 Å². The summed E-state index contributed by atoms with van der Waals surface area (Å²) in [6.07, 6.45) is 0. The number of carbonyl (C=O) groups excluding carboxylic acids is 1. The molecule has 0 saturated carbocycles. The minimum absolute atomic E-state index is 0.0411. The molecule has 1 aliphatic heterocycles. The van der Waals surface area contributed by atoms with Gasteiger partial charge in [0.2, 0.25) is 11.8 Å². The van der Waals surface area contributed by atoms with Crippen molar-refractivity contribution < 1.29 is 27.6 Å². The van der Waals surface area contributed by atoms with Crippen LogP contribution in [0.15, 0.2) is 46.9 Å². The van der Waals surface area contributed by atoms with E-state index in [4.69, 9.17) is 18.6 Å². The van der Waals surface area contributed by atoms with Gasteiger partial charge in [0.05, 0.1) is 32.8 Å². The second kappa shape index (κ2) is 11.5. The van der Waals surface area contributed by atoms with Crippen LogP contribution >= 0.6 is 0 Å². The van der Waals surface area contributed by atoms with Crippen LogP contribution in [0, 0.1) is 6.92 Å². The lowest BCUT2D eigenvalue weighted by atomic mass is 10.2. The predicted octanol–water partition coefficient (Wildman–Crippen LogP) is 3.27. The van der Waals surface area contributed by atoms with Gasteiger partial charge in [0.1, 0.15) is 17.3 Å². The van der Waals surface area contributed by atoms with Crippen molar-refractivity contribution in [2.75, 3.05) is 58.2 Å². The summed E-state index contributed by atoms with van der Waals surface area (Å²) in [4.78, 5) is 21.3. The maximum absolute atomic E-state index is 12.8. The molecule has 1 aliphatic rings. The number of anilines is 1. The van der Waals surface area contributed by atoms with Crippen LogP contribution in [-0.2, 0) is 21.3 Å². The molecular weight excluding hydrogens is 482 g/mol. The van der Waals surface area contributed by atoms with Crippen LogP contribution in [0.25, 0.3) is 11.5 Å². The number of amides is 1. The van der Waals surface area contributed by atoms with Crippen LogP contribution in [0.1, 0.15) is 11.5 Å². The lowest BCUT2D eigenvalue weighted by molar-refractivity contribution is -0.128. The standard InChI is InChI=1S/C26H31N3O6S/c1-18-22(27-26(35-18)19-5-10-23(33-3)24(15-19)34-4)16-36(31)17-25(30)29-13-11-28(12-14-29)20-6-8-21(32-2)9-7-20/h5-10,15H,11-14,16-17H2,1-4H3/t36-/m1/s1. The van der Waals surface area contributed by atoms with Gasteiger partial charge in [-0.15, -0.1) is 0 Å². The van der Waals surface area contributed by atoms with E-state index in [2.05, 4.69) is 9.88 Å². The first-order chi connectivity index (χ1) is 17.4. The van der Waals surface area contributed by atoms with Gasteiger partial charge in [-0.25, -0.2) is 4.98 Å². The fourth-order valence-corrected chi connectivity index (χ4v) is 5.23. The molecule has 2 heterocycles. The van der Waals surface area contributed by atoms with Crippen LogP contribution in [0.3, 0.4) is 0 Å². The van der Waals surface area contributed by atoms with Crippen molar-refractivity contribution in [1.82, 2.24) is 9.88 Å². The molecule has 10 heteroatoms. The number of methoxy groups -OCH3 is 3. The van der Waals surface area contributed by atoms with Gasteiger partial charge < -0.3 is 28.4 Å². The number of piperazine rings is 1. The Morgan fingerprint density at radius 1 is 0.972 bits per heavy atom. The monoisotopic (exact) mass is 513 g/mol. The van der Waals surface area contributed by atoms with E-state index in [0.717, 1.165) is 30.1 Å². The smallest absolute Gasteiger partial charge is 0.235 e. The summed E-state index contributed by atoms with van der Waals surface area (Å²) < 4.78 is 34.5. The summed E-state index contributed by atoms with van der Waals surface area (Å²) in [5.41, 5.74) is 2.40. The van der Waals surface area contributed by atoms with E-state index >= 15 is 0 Å². The number of aryl methyl sites for hydroxylation is 1. The van der Waals surface area contributed by atoms with Gasteiger partial charge >= 0.3 is 0 Å². The average molecular weight is 514 g/mol. The van der Waals surface area contributed by atoms with E-state index < -0.39 is 10.8 Å². The van der Waals surface area contributed by atoms with E-state index in [1.54, 1.807) is 45.3 Å². The number of hydrogen-bond donors (Lipinski definition) is 0. The van der Waals surface area contributed by atoms with Gasteiger partial charge in [0.15, 0.2) is 11.5 Å². The molecule has 0 bridgehead atoms. The highest BCUT2D eigenvalue weighted by atomic mass is 32.2. The zero-order valence-electron chi connectivity index (χ0n) is 21.0. The second-order valence-corrected chi connectivity index (χ2v) is 9.84. The number of hydrogen-bond acceptors (Lipinski definition) is 8. The van der Waals surface area contributed by atoms with E-state index in [1.165, 1.54) is 0 Å². The Balaban J connectivity index is 1.32. The van der Waals surface area contributed by atoms with Crippen molar-refractivity contribution >= 4 is 22.4 Å². The average Bonchev–Trinajstić information content (AvgIpc) is 3.27. The molecule has 3 aromatic rings. The molecule has 0 radical (unpaired) electrons. The maximum atomic E-state index is 12.8. The number of oxazole rings is 1. The maximum Gasteiger partial charge on any atom is 0.235 e. The molecule has 2 aromatic carbocycles. The number of ether oxygens (including phenoxy) is 3. The minimum Gasteiger partial charge on any atom is -0.497 e. The van der Waals surface area contributed by atoms with Crippen molar-refractivity contribution in [2.24, 2.45) is 0 Å². The number of nitrogens with zero attached hydrogens (tertiary/aromatic N) is 3. The molecule has 192 valence electrons. The summed E-state index contributed by atoms with van der Waals surface area (Å²) in [7, 11) is 3.38. The first-order valence-corrected chi connectivity index (χ1v) is 13.1. The lowest BCUT2D eigenvalue weighted by Gasteiger charge is -2.36. The zero-order valence-corrected chi connectivity index (χ0v) is 21.8. The van der Waals surface area contributed by atoms with Gasteiger partial charge in [0, 0.05) is 48.2 Å². The molecule has 1 amide bonds. The third-order valence-corrected chi connectivity index (χ3v) is 7.34. The van der Waals surface area contributed by atoms with Crippen LogP contribution in [-0.4, -0.2) is 73.3 Å². The molecule has 0 N–H and O–H groups in total. The predicted molar refractivity (Wildman–Crippen MR) is 138 cm³/mol. The highest BCUT2D eigenvalue weighted by molar-refractivity contribution is 7.84. The minimum atomic E-state index is -1.40. The molecule has 0 spiro atoms. The largest absolute Gasteiger partial charge is 0.497 e. The van der Waals surface area contributed by atoms with Gasteiger partial charge in [-0.05, 0) is 49.4 Å². The van der Waals surface area contributed by atoms with Crippen molar-refractivity contribution in [3.05, 3.63) is 53.9 Å². The highest BCUT2D eigenvalue weighted by Crippen LogP contribution is 2.32. The number of carbonyl (C=O) groups is 1. The van der Waals surface area contributed by atoms with Crippen molar-refractivity contribution in [3.8, 4) is 28.7 Å². The Morgan fingerprint density at radius 2 is 1.67 bits per heavy atom. The Kier molecular flexibility index (Phi) is 8.14. The number of benzene rings is 2. The fraction of sp³-hybridized carbons (Fsp3) is 0.385. The second-order valence-electron chi connectivity index (χ2n) is 8.39. The van der Waals surface area contributed by atoms with Gasteiger partial charge in [-0.3, -0.25) is 9.00 Å². The van der Waals surface area contributed by atoms with E-state index in [0.29, 0.717) is 41.9 Å². The van der Waals surface area contributed by atoms with Crippen LogP contribution in [0.5, 0.6) is 17.2 Å². The van der Waals surface area contributed by atoms with Gasteiger partial charge in [-0.2, -0.15) is 0 Å². The lowest BCUT2D eigenvalue weighted by Crippen LogP contribution is -2.50. The Morgan fingerprint density at radius 3 is 2.31 bits per heavy atom. The number of rotatable bonds is 9. The SMILES string of the molecule is COc1ccc(N2CCN(C(=O)C[S@](=O)Cc3nc(-c4ccc(OC)c(OC)c4)oc3C)CC2)cc1. The zero-order chi connectivity index (χ0) is 25.7. The molecule has 36 heavy (non-hydrogen) atoms. The molecule has 0 unspecified atom stereocenters. The Bertz CT molecular complexity index is 1220. The first kappa shape index (κ1) is 25.6. The summed E-state index contributed by atoms with van der Waals surface area (Å²) >= 11 is 0. The molecule has 4 rings (SSSR count). The molecule has 0 aliphatic carbocycles. The van der Waals surface area contributed by atoms with Crippen LogP contribution in [0.2, 0.25) is 0 Å². The molecular formula is C26H31N3O6S. The summed E-state index contributed by atoms with van der Waals surface area (Å²) in [6, 6.07) is 13.3. The van der Waals surface area contributed by atoms with Gasteiger partial charge in [0.25, 0.3) is 0 Å². The molecule has 1 fully saturated rings. The Hall–Kier alpha value is -3.53. The molecule has 1 saturated heterocycles. The topological polar surface area (TPSA) is 94.3 Å². The quantitative estimate of drug-likeness (QED) is 0.430. The van der Waals surface area contributed by atoms with Crippen molar-refractivity contribution in [2.45, 2.75) is 12.7 Å². The summed E-state index contributed by atoms with van der Waals surface area (Å²) in [6.45, 7) is 4.41. The van der Waals surface area contributed by atoms with Crippen molar-refractivity contribution in [1.29, 1.82) is 0 Å². The van der Waals surface area contributed by atoms with Crippen molar-refractivity contribution in [3.63, 3.8) is 0 Å². The van der Waals surface area contributed by atoms with E-state index in [1.807, 2.05) is 30.3 Å².